The highest BCUT2D eigenvalue weighted by Gasteiger charge is 2.27. The smallest absolute Gasteiger partial charge is 0.183 e. The molecule has 1 aliphatic carbocycles. The highest BCUT2D eigenvalue weighted by Crippen LogP contribution is 2.20. The Morgan fingerprint density at radius 2 is 1.68 bits per heavy atom. The van der Waals surface area contributed by atoms with E-state index in [1.54, 1.807) is 12.1 Å². The van der Waals surface area contributed by atoms with Crippen LogP contribution in [0.2, 0.25) is 0 Å². The summed E-state index contributed by atoms with van der Waals surface area (Å²) in [5.74, 6) is -0.551. The van der Waals surface area contributed by atoms with Gasteiger partial charge in [0.2, 0.25) is 0 Å². The Hall–Kier alpha value is -2.30. The van der Waals surface area contributed by atoms with Crippen molar-refractivity contribution in [2.45, 2.75) is 12.8 Å². The molecule has 5 heteroatoms. The molecule has 0 unspecified atom stereocenters. The summed E-state index contributed by atoms with van der Waals surface area (Å²) in [5.41, 5.74) is 1.82. The molecule has 19 heavy (non-hydrogen) atoms. The lowest BCUT2D eigenvalue weighted by molar-refractivity contribution is -0.116. The molecule has 0 bridgehead atoms. The molecule has 0 heterocycles. The second-order valence-corrected chi connectivity index (χ2v) is 4.65. The van der Waals surface area contributed by atoms with E-state index in [1.165, 1.54) is 0 Å². The number of hydrogen-bond donors (Lipinski definition) is 1. The number of nitrogens with zero attached hydrogens (tertiary/aromatic N) is 2. The van der Waals surface area contributed by atoms with E-state index in [4.69, 9.17) is 5.41 Å². The van der Waals surface area contributed by atoms with Gasteiger partial charge in [-0.1, -0.05) is 0 Å². The quantitative estimate of drug-likeness (QED) is 0.877. The van der Waals surface area contributed by atoms with Crippen molar-refractivity contribution in [2.24, 2.45) is 4.99 Å². The van der Waals surface area contributed by atoms with Crippen molar-refractivity contribution in [1.82, 2.24) is 0 Å². The van der Waals surface area contributed by atoms with Gasteiger partial charge in [-0.2, -0.15) is 0 Å². The van der Waals surface area contributed by atoms with Gasteiger partial charge in [-0.25, -0.2) is 4.99 Å². The molecule has 1 N–H and O–H groups in total. The van der Waals surface area contributed by atoms with Crippen LogP contribution in [-0.2, 0) is 9.59 Å². The molecule has 1 fully saturated rings. The zero-order chi connectivity index (χ0) is 14.0. The summed E-state index contributed by atoms with van der Waals surface area (Å²) in [6.07, 6.45) is -0.194. The number of ketones is 2. The van der Waals surface area contributed by atoms with Crippen LogP contribution in [0.15, 0.2) is 29.3 Å². The van der Waals surface area contributed by atoms with E-state index >= 15 is 0 Å². The molecule has 1 aromatic rings. The summed E-state index contributed by atoms with van der Waals surface area (Å²) >= 11 is 0. The fourth-order valence-electron chi connectivity index (χ4n) is 1.80. The van der Waals surface area contributed by atoms with Gasteiger partial charge in [-0.3, -0.25) is 9.59 Å². The van der Waals surface area contributed by atoms with E-state index in [2.05, 4.69) is 4.99 Å². The van der Waals surface area contributed by atoms with E-state index in [9.17, 15) is 9.59 Å². The lowest BCUT2D eigenvalue weighted by Gasteiger charge is -2.13. The SMILES string of the molecule is CN(C)c1ccc(N=C2CC(=O)C(=N)CC2=O)cc1. The number of benzene rings is 1. The average Bonchev–Trinajstić information content (AvgIpc) is 2.36. The Labute approximate surface area is 111 Å². The van der Waals surface area contributed by atoms with Crippen LogP contribution in [-0.4, -0.2) is 37.1 Å². The van der Waals surface area contributed by atoms with Gasteiger partial charge in [0.05, 0.1) is 30.0 Å². The molecule has 1 saturated carbocycles. The molecule has 0 aromatic heterocycles. The Balaban J connectivity index is 2.23. The summed E-state index contributed by atoms with van der Waals surface area (Å²) in [6, 6.07) is 7.41. The molecule has 0 atom stereocenters. The predicted molar refractivity (Wildman–Crippen MR) is 74.8 cm³/mol. The van der Waals surface area contributed by atoms with Gasteiger partial charge in [0.15, 0.2) is 11.6 Å². The van der Waals surface area contributed by atoms with Crippen molar-refractivity contribution in [1.29, 1.82) is 5.41 Å². The Kier molecular flexibility index (Phi) is 3.55. The van der Waals surface area contributed by atoms with E-state index in [0.717, 1.165) is 5.69 Å². The van der Waals surface area contributed by atoms with Crippen molar-refractivity contribution in [2.75, 3.05) is 19.0 Å². The largest absolute Gasteiger partial charge is 0.378 e. The van der Waals surface area contributed by atoms with Gasteiger partial charge in [0.1, 0.15) is 0 Å². The zero-order valence-electron chi connectivity index (χ0n) is 10.9. The lowest BCUT2D eigenvalue weighted by atomic mass is 9.94. The summed E-state index contributed by atoms with van der Waals surface area (Å²) in [7, 11) is 3.88. The maximum Gasteiger partial charge on any atom is 0.183 e. The minimum Gasteiger partial charge on any atom is -0.378 e. The first kappa shape index (κ1) is 13.1. The van der Waals surface area contributed by atoms with Gasteiger partial charge in [0.25, 0.3) is 0 Å². The topological polar surface area (TPSA) is 73.6 Å². The van der Waals surface area contributed by atoms with Crippen LogP contribution in [0.25, 0.3) is 0 Å². The van der Waals surface area contributed by atoms with Crippen molar-refractivity contribution in [3.63, 3.8) is 0 Å². The number of Topliss-reactive ketones (excluding diaryl/α,β-unsaturated/α-hetero) is 2. The Morgan fingerprint density at radius 3 is 2.26 bits per heavy atom. The first-order valence-electron chi connectivity index (χ1n) is 5.96. The molecule has 0 saturated heterocycles. The molecule has 0 aliphatic heterocycles. The lowest BCUT2D eigenvalue weighted by Crippen LogP contribution is -2.32. The fourth-order valence-corrected chi connectivity index (χ4v) is 1.80. The number of anilines is 1. The maximum atomic E-state index is 11.7. The predicted octanol–water partition coefficient (Wildman–Crippen LogP) is 1.78. The van der Waals surface area contributed by atoms with Crippen LogP contribution in [0, 0.1) is 5.41 Å². The highest BCUT2D eigenvalue weighted by molar-refractivity contribution is 6.60. The Bertz CT molecular complexity index is 571. The first-order valence-corrected chi connectivity index (χ1v) is 5.96. The van der Waals surface area contributed by atoms with Gasteiger partial charge >= 0.3 is 0 Å². The monoisotopic (exact) mass is 257 g/mol. The third-order valence-electron chi connectivity index (χ3n) is 2.95. The molecule has 1 aromatic carbocycles. The van der Waals surface area contributed by atoms with Gasteiger partial charge in [-0.05, 0) is 24.3 Å². The van der Waals surface area contributed by atoms with E-state index < -0.39 is 0 Å². The van der Waals surface area contributed by atoms with Crippen LogP contribution in [0.4, 0.5) is 11.4 Å². The van der Waals surface area contributed by atoms with Crippen LogP contribution in [0.5, 0.6) is 0 Å². The number of nitrogens with one attached hydrogen (secondary N) is 1. The van der Waals surface area contributed by atoms with E-state index in [-0.39, 0.29) is 35.8 Å². The molecule has 0 amide bonds. The van der Waals surface area contributed by atoms with Crippen LogP contribution >= 0.6 is 0 Å². The average molecular weight is 257 g/mol. The molecular weight excluding hydrogens is 242 g/mol. The van der Waals surface area contributed by atoms with Gasteiger partial charge in [-0.15, -0.1) is 0 Å². The van der Waals surface area contributed by atoms with E-state index in [1.807, 2.05) is 31.1 Å². The Morgan fingerprint density at radius 1 is 1.05 bits per heavy atom. The number of rotatable bonds is 2. The second-order valence-electron chi connectivity index (χ2n) is 4.65. The summed E-state index contributed by atoms with van der Waals surface area (Å²) in [6.45, 7) is 0. The molecule has 2 rings (SSSR count). The van der Waals surface area contributed by atoms with Crippen molar-refractivity contribution < 1.29 is 9.59 Å². The third-order valence-corrected chi connectivity index (χ3v) is 2.95. The minimum absolute atomic E-state index is 0.0624. The third kappa shape index (κ3) is 2.93. The zero-order valence-corrected chi connectivity index (χ0v) is 10.9. The summed E-state index contributed by atoms with van der Waals surface area (Å²) in [4.78, 5) is 29.3. The van der Waals surface area contributed by atoms with Crippen LogP contribution in [0.1, 0.15) is 12.8 Å². The molecule has 98 valence electrons. The summed E-state index contributed by atoms with van der Waals surface area (Å²) in [5, 5.41) is 7.34. The molecule has 1 aliphatic rings. The van der Waals surface area contributed by atoms with Crippen LogP contribution < -0.4 is 4.90 Å². The highest BCUT2D eigenvalue weighted by atomic mass is 16.1. The maximum absolute atomic E-state index is 11.7. The molecule has 0 spiro atoms. The standard InChI is InChI=1S/C14H15N3O2/c1-17(2)10-5-3-9(4-6-10)16-12-8-13(18)11(15)7-14(12)19/h3-6,15H,7-8H2,1-2H3. The van der Waals surface area contributed by atoms with Crippen molar-refractivity contribution >= 4 is 34.4 Å². The number of carbonyl (C=O) groups excluding carboxylic acids is 2. The molecule has 0 radical (unpaired) electrons. The van der Waals surface area contributed by atoms with Crippen molar-refractivity contribution in [3.05, 3.63) is 24.3 Å². The molecule has 5 nitrogen and oxygen atoms in total. The fraction of sp³-hybridized carbons (Fsp3) is 0.286. The van der Waals surface area contributed by atoms with Gasteiger partial charge < -0.3 is 10.3 Å². The molecular formula is C14H15N3O2. The van der Waals surface area contributed by atoms with E-state index in [0.29, 0.717) is 5.69 Å². The van der Waals surface area contributed by atoms with Crippen LogP contribution in [0.3, 0.4) is 0 Å². The normalized spacial score (nSPS) is 18.0. The number of hydrogen-bond acceptors (Lipinski definition) is 5. The first-order chi connectivity index (χ1) is 8.97. The second kappa shape index (κ2) is 5.14. The summed E-state index contributed by atoms with van der Waals surface area (Å²) < 4.78 is 0. The van der Waals surface area contributed by atoms with Crippen molar-refractivity contribution in [3.8, 4) is 0 Å². The number of carbonyl (C=O) groups is 2. The number of aliphatic imine (C=N–C) groups is 1. The minimum atomic E-state index is -0.316. The van der Waals surface area contributed by atoms with Gasteiger partial charge in [0, 0.05) is 19.8 Å².